The van der Waals surface area contributed by atoms with Crippen LogP contribution in [0.15, 0.2) is 84.9 Å². The minimum Gasteiger partial charge on any atom is -0.469 e. The predicted molar refractivity (Wildman–Crippen MR) is 372 cm³/mol. The molecule has 1 aromatic heterocycles. The van der Waals surface area contributed by atoms with E-state index in [1.165, 1.54) is 148 Å². The first-order valence-corrected chi connectivity index (χ1v) is 37.1. The third-order valence-electron chi connectivity index (χ3n) is 28.1. The molecule has 8 saturated carbocycles. The van der Waals surface area contributed by atoms with Gasteiger partial charge in [-0.1, -0.05) is 102 Å². The van der Waals surface area contributed by atoms with Crippen LogP contribution in [0.25, 0.3) is 44.1 Å². The summed E-state index contributed by atoms with van der Waals surface area (Å²) < 4.78 is 27.0. The molecule has 1 heterocycles. The number of benzene rings is 4. The summed E-state index contributed by atoms with van der Waals surface area (Å²) in [5, 5.41) is 5.46. The van der Waals surface area contributed by atoms with Crippen molar-refractivity contribution >= 4 is 39.7 Å². The van der Waals surface area contributed by atoms with Gasteiger partial charge in [-0.15, -0.1) is 0 Å². The second-order valence-corrected chi connectivity index (χ2v) is 33.9. The summed E-state index contributed by atoms with van der Waals surface area (Å²) in [6, 6.07) is 31.9. The minimum atomic E-state index is -0.584. The highest BCUT2D eigenvalue weighted by Gasteiger charge is 2.62. The quantitative estimate of drug-likeness (QED) is 0.0821. The Kier molecular flexibility index (Phi) is 18.7. The van der Waals surface area contributed by atoms with Crippen LogP contribution in [-0.2, 0) is 48.3 Å². The van der Waals surface area contributed by atoms with Crippen LogP contribution in [0.4, 0.5) is 4.79 Å². The van der Waals surface area contributed by atoms with E-state index in [-0.39, 0.29) is 12.1 Å². The van der Waals surface area contributed by atoms with Gasteiger partial charge in [-0.3, -0.25) is 4.79 Å². The molecule has 5 aromatic rings. The number of alkyl carbamates (subject to hydrolysis) is 1. The number of Topliss-reactive ketones (excluding diaryl/α,β-unsaturated/α-hetero) is 1. The maximum absolute atomic E-state index is 13.0. The van der Waals surface area contributed by atoms with Crippen LogP contribution in [0.5, 0.6) is 0 Å². The number of ether oxygens (including phenoxy) is 4. The number of carbonyl (C=O) groups is 3. The monoisotopic (exact) mass is 1250 g/mol. The largest absolute Gasteiger partial charge is 0.469 e. The van der Waals surface area contributed by atoms with Crippen molar-refractivity contribution in [3.8, 4) is 22.3 Å². The number of aromatic nitrogens is 1. The molecule has 8 aliphatic rings. The normalized spacial score (nSPS) is 34.8. The van der Waals surface area contributed by atoms with E-state index in [1.807, 2.05) is 20.8 Å². The number of nitrogens with one attached hydrogen (secondary N) is 1. The fourth-order valence-electron chi connectivity index (χ4n) is 23.4. The van der Waals surface area contributed by atoms with E-state index in [1.54, 1.807) is 6.92 Å². The van der Waals surface area contributed by atoms with Gasteiger partial charge < -0.3 is 33.6 Å². The Morgan fingerprint density at radius 1 is 0.554 bits per heavy atom. The number of hydrogen-bond acceptors (Lipinski definition) is 7. The van der Waals surface area contributed by atoms with Gasteiger partial charge >= 0.3 is 12.1 Å². The van der Waals surface area contributed by atoms with E-state index in [9.17, 15) is 14.4 Å². The predicted octanol–water partition coefficient (Wildman–Crippen LogP) is 20.3. The highest BCUT2D eigenvalue weighted by atomic mass is 16.6. The van der Waals surface area contributed by atoms with Gasteiger partial charge in [-0.2, -0.15) is 0 Å². The lowest BCUT2D eigenvalue weighted by atomic mass is 9.44. The van der Waals surface area contributed by atoms with Crippen molar-refractivity contribution in [1.82, 2.24) is 9.88 Å². The molecule has 498 valence electrons. The molecule has 18 atom stereocenters. The summed E-state index contributed by atoms with van der Waals surface area (Å²) in [6.45, 7) is 25.3. The lowest BCUT2D eigenvalue weighted by Crippen LogP contribution is -2.54. The van der Waals surface area contributed by atoms with Crippen molar-refractivity contribution in [2.75, 3.05) is 13.7 Å². The number of nitrogens with zero attached hydrogens (tertiary/aromatic N) is 1. The second-order valence-electron chi connectivity index (χ2n) is 33.9. The van der Waals surface area contributed by atoms with Crippen molar-refractivity contribution in [2.45, 2.75) is 248 Å². The molecule has 0 aliphatic heterocycles. The molecular formula is C83H114N2O7. The van der Waals surface area contributed by atoms with E-state index >= 15 is 0 Å². The van der Waals surface area contributed by atoms with E-state index in [2.05, 4.69) is 136 Å². The summed E-state index contributed by atoms with van der Waals surface area (Å²) in [7, 11) is 1.52. The van der Waals surface area contributed by atoms with E-state index in [0.29, 0.717) is 84.0 Å². The Balaban J connectivity index is 0.662. The van der Waals surface area contributed by atoms with Crippen molar-refractivity contribution in [1.29, 1.82) is 0 Å². The number of ketones is 1. The first-order valence-electron chi connectivity index (χ1n) is 37.1. The van der Waals surface area contributed by atoms with Gasteiger partial charge in [-0.25, -0.2) is 4.79 Å². The SMILES string of the molecule is COC(=O)CC[C@@H](C)C1CC[C@H]2[C@@H]3CC[C@@H]4C[C@H](OCc5cccc(-c6ccc7c8ccc(-c9cccc(CO[C@@H]%10CCC%11(C)C%12CCC%13(C)C([C@H](C)CCC(C)=O)CC[C@H]%13[C@@H]%12CC[C@@H]%11C%10)c9)cc8n(CCNC(=O)OC(C)(C)C)c7c6)c5)CCC4(C)C3CCC12C. The molecule has 13 rings (SSSR count). The third kappa shape index (κ3) is 12.6. The lowest BCUT2D eigenvalue weighted by Gasteiger charge is -2.61. The van der Waals surface area contributed by atoms with E-state index < -0.39 is 11.7 Å². The molecule has 0 radical (unpaired) electrons. The van der Waals surface area contributed by atoms with Gasteiger partial charge in [0.2, 0.25) is 0 Å². The summed E-state index contributed by atoms with van der Waals surface area (Å²) in [4.78, 5) is 37.1. The average Bonchev–Trinajstić information content (AvgIpc) is 1.31. The number of hydrogen-bond donors (Lipinski definition) is 1. The Labute approximate surface area is 552 Å². The van der Waals surface area contributed by atoms with Crippen LogP contribution in [0.2, 0.25) is 0 Å². The zero-order chi connectivity index (χ0) is 64.5. The van der Waals surface area contributed by atoms with Crippen LogP contribution in [0, 0.1) is 92.7 Å². The molecule has 0 saturated heterocycles. The zero-order valence-electron chi connectivity index (χ0n) is 58.4. The highest BCUT2D eigenvalue weighted by Crippen LogP contribution is 2.70. The van der Waals surface area contributed by atoms with Gasteiger partial charge in [0, 0.05) is 47.7 Å². The molecule has 0 spiro atoms. The Bertz CT molecular complexity index is 3480. The average molecular weight is 1250 g/mol. The Morgan fingerprint density at radius 3 is 1.48 bits per heavy atom. The third-order valence-corrected chi connectivity index (χ3v) is 28.1. The fourth-order valence-corrected chi connectivity index (χ4v) is 23.4. The summed E-state index contributed by atoms with van der Waals surface area (Å²) in [5.41, 5.74) is 10.5. The number of carbonyl (C=O) groups excluding carboxylic acids is 3. The van der Waals surface area contributed by atoms with Crippen molar-refractivity contribution < 1.29 is 33.3 Å². The molecule has 92 heavy (non-hydrogen) atoms. The van der Waals surface area contributed by atoms with E-state index in [0.717, 1.165) is 102 Å². The first-order chi connectivity index (χ1) is 44.0. The number of fused-ring (bicyclic) bond motifs is 13. The standard InChI is InChI=1S/C83H114N2O7/c1-52(18-20-54(3)86)69-29-31-71-67-27-23-61-48-63(34-38-80(61,7)73(67)36-40-82(69,71)9)90-50-55-14-12-16-57(44-55)59-21-25-65-66-26-22-60(47-76(66)85(75(65)46-59)43-42-84-78(88)92-79(4,5)6)58-17-13-15-56(45-58)51-91-64-35-39-81(8)62(49-64)24-28-68-72-32-30-70(53(2)19-33-77(87)89-11)83(72,10)41-37-74(68)81/h12-17,21-22,25-26,44-47,52-53,61-64,67-74H,18-20,23-24,27-43,48-51H2,1-11H3,(H,84,88)/t52-,53-,61-,62-,63-,64-,67+,68+,69?,70?,71+,72+,73?,74?,80?,81?,82?,83?/m1/s1. The van der Waals surface area contributed by atoms with Crippen LogP contribution in [0.1, 0.15) is 222 Å². The maximum Gasteiger partial charge on any atom is 0.407 e. The maximum atomic E-state index is 13.0. The Hall–Kier alpha value is -4.99. The molecule has 8 fully saturated rings. The van der Waals surface area contributed by atoms with Gasteiger partial charge in [0.15, 0.2) is 0 Å². The van der Waals surface area contributed by atoms with Crippen molar-refractivity contribution in [3.63, 3.8) is 0 Å². The topological polar surface area (TPSA) is 105 Å². The lowest BCUT2D eigenvalue weighted by molar-refractivity contribution is -0.142. The van der Waals surface area contributed by atoms with Crippen LogP contribution in [-0.4, -0.2) is 53.9 Å². The number of esters is 1. The second kappa shape index (κ2) is 26.2. The van der Waals surface area contributed by atoms with Crippen molar-refractivity contribution in [3.05, 3.63) is 96.1 Å². The number of amides is 1. The molecule has 9 heteroatoms. The van der Waals surface area contributed by atoms with E-state index in [4.69, 9.17) is 18.9 Å². The molecular weight excluding hydrogens is 1140 g/mol. The highest BCUT2D eigenvalue weighted by molar-refractivity contribution is 6.10. The zero-order valence-corrected chi connectivity index (χ0v) is 58.4. The molecule has 1 N–H and O–H groups in total. The fraction of sp³-hybridized carbons (Fsp3) is 0.675. The summed E-state index contributed by atoms with van der Waals surface area (Å²) in [5.74, 6) is 9.42. The Morgan fingerprint density at radius 2 is 1.01 bits per heavy atom. The van der Waals surface area contributed by atoms with Gasteiger partial charge in [-0.05, 0) is 306 Å². The minimum absolute atomic E-state index is 0.0647. The van der Waals surface area contributed by atoms with Crippen LogP contribution in [0.3, 0.4) is 0 Å². The molecule has 0 bridgehead atoms. The van der Waals surface area contributed by atoms with Crippen LogP contribution >= 0.6 is 0 Å². The van der Waals surface area contributed by atoms with Crippen LogP contribution < -0.4 is 5.32 Å². The molecule has 9 nitrogen and oxygen atoms in total. The van der Waals surface area contributed by atoms with Gasteiger partial charge in [0.05, 0.1) is 32.5 Å². The number of rotatable bonds is 19. The smallest absolute Gasteiger partial charge is 0.407 e. The number of methoxy groups -OCH3 is 1. The van der Waals surface area contributed by atoms with Crippen molar-refractivity contribution in [2.24, 2.45) is 92.7 Å². The van der Waals surface area contributed by atoms with Gasteiger partial charge in [0.25, 0.3) is 0 Å². The molecule has 8 aliphatic carbocycles. The van der Waals surface area contributed by atoms with Gasteiger partial charge in [0.1, 0.15) is 11.4 Å². The summed E-state index contributed by atoms with van der Waals surface area (Å²) >= 11 is 0. The molecule has 4 aromatic carbocycles. The molecule has 8 unspecified atom stereocenters. The summed E-state index contributed by atoms with van der Waals surface area (Å²) in [6.07, 6.45) is 27.0. The first kappa shape index (κ1) is 65.7. The molecule has 1 amide bonds.